The summed E-state index contributed by atoms with van der Waals surface area (Å²) in [6.45, 7) is 5.96. The Morgan fingerprint density at radius 3 is 2.35 bits per heavy atom. The summed E-state index contributed by atoms with van der Waals surface area (Å²) in [7, 11) is -2.44. The largest absolute Gasteiger partial charge is 0.270 e. The number of nitro benzene ring substituents is 1. The Morgan fingerprint density at radius 2 is 1.90 bits per heavy atom. The van der Waals surface area contributed by atoms with E-state index in [1.807, 2.05) is 20.8 Å². The molecule has 6 nitrogen and oxygen atoms in total. The van der Waals surface area contributed by atoms with Gasteiger partial charge in [0.2, 0.25) is 10.0 Å². The van der Waals surface area contributed by atoms with Gasteiger partial charge in [0.05, 0.1) is 9.95 Å². The van der Waals surface area contributed by atoms with Crippen molar-refractivity contribution in [1.82, 2.24) is 4.31 Å². The second kappa shape index (κ2) is 5.67. The average molecular weight is 321 g/mol. The molecule has 1 rings (SSSR count). The monoisotopic (exact) mass is 320 g/mol. The second-order valence-electron chi connectivity index (χ2n) is 5.69. The Balaban J connectivity index is 3.28. The van der Waals surface area contributed by atoms with Gasteiger partial charge < -0.3 is 0 Å². The molecule has 0 bridgehead atoms. The number of non-ortho nitro benzene ring substituents is 1. The predicted octanol–water partition coefficient (Wildman–Crippen LogP) is 2.91. The van der Waals surface area contributed by atoms with Gasteiger partial charge in [-0.1, -0.05) is 32.4 Å². The summed E-state index contributed by atoms with van der Waals surface area (Å²) in [6, 6.07) is 3.37. The van der Waals surface area contributed by atoms with E-state index in [1.165, 1.54) is 19.2 Å². The van der Waals surface area contributed by atoms with Crippen LogP contribution in [0.3, 0.4) is 0 Å². The normalized spacial score (nSPS) is 12.7. The van der Waals surface area contributed by atoms with Crippen LogP contribution in [-0.2, 0) is 10.0 Å². The maximum atomic E-state index is 12.4. The van der Waals surface area contributed by atoms with Gasteiger partial charge in [0.15, 0.2) is 0 Å². The molecule has 20 heavy (non-hydrogen) atoms. The molecule has 0 saturated heterocycles. The number of rotatable bonds is 4. The Bertz CT molecular complexity index is 623. The molecule has 0 aliphatic carbocycles. The summed E-state index contributed by atoms with van der Waals surface area (Å²) in [5, 5.41) is 10.7. The summed E-state index contributed by atoms with van der Waals surface area (Å²) in [5.74, 6) is 0. The maximum Gasteiger partial charge on any atom is 0.270 e. The van der Waals surface area contributed by atoms with Gasteiger partial charge in [-0.2, -0.15) is 0 Å². The molecule has 0 fully saturated rings. The van der Waals surface area contributed by atoms with Crippen molar-refractivity contribution >= 4 is 27.3 Å². The number of hydrogen-bond donors (Lipinski definition) is 0. The zero-order chi connectivity index (χ0) is 15.7. The van der Waals surface area contributed by atoms with E-state index in [0.29, 0.717) is 0 Å². The fourth-order valence-electron chi connectivity index (χ4n) is 1.72. The highest BCUT2D eigenvalue weighted by Gasteiger charge is 2.28. The van der Waals surface area contributed by atoms with E-state index in [9.17, 15) is 18.5 Å². The number of nitro groups is 1. The van der Waals surface area contributed by atoms with E-state index in [1.54, 1.807) is 0 Å². The standard InChI is InChI=1S/C12H17ClN2O4S/c1-12(2,3)8-14(4)20(18,19)11-7-9(15(16)17)5-6-10(11)13/h5-7H,8H2,1-4H3. The van der Waals surface area contributed by atoms with Crippen LogP contribution in [0.1, 0.15) is 20.8 Å². The first-order valence-electron chi connectivity index (χ1n) is 5.85. The Kier molecular flexibility index (Phi) is 4.78. The minimum atomic E-state index is -3.86. The summed E-state index contributed by atoms with van der Waals surface area (Å²) in [5.41, 5.74) is -0.549. The highest BCUT2D eigenvalue weighted by atomic mass is 35.5. The molecule has 0 aliphatic rings. The number of nitrogens with zero attached hydrogens (tertiary/aromatic N) is 2. The van der Waals surface area contributed by atoms with Gasteiger partial charge in [0, 0.05) is 25.7 Å². The molecule has 1 aromatic carbocycles. The van der Waals surface area contributed by atoms with Crippen molar-refractivity contribution in [2.45, 2.75) is 25.7 Å². The van der Waals surface area contributed by atoms with E-state index in [2.05, 4.69) is 0 Å². The fraction of sp³-hybridized carbons (Fsp3) is 0.500. The van der Waals surface area contributed by atoms with Crippen LogP contribution in [0, 0.1) is 15.5 Å². The van der Waals surface area contributed by atoms with E-state index < -0.39 is 14.9 Å². The summed E-state index contributed by atoms with van der Waals surface area (Å²) in [6.07, 6.45) is 0. The third-order valence-corrected chi connectivity index (χ3v) is 4.80. The molecule has 0 atom stereocenters. The molecule has 0 amide bonds. The third kappa shape index (κ3) is 3.91. The third-order valence-electron chi connectivity index (χ3n) is 2.51. The first-order valence-corrected chi connectivity index (χ1v) is 7.67. The highest BCUT2D eigenvalue weighted by molar-refractivity contribution is 7.89. The van der Waals surface area contributed by atoms with Crippen molar-refractivity contribution in [3.63, 3.8) is 0 Å². The van der Waals surface area contributed by atoms with E-state index in [-0.39, 0.29) is 27.6 Å². The molecular weight excluding hydrogens is 304 g/mol. The smallest absolute Gasteiger partial charge is 0.258 e. The predicted molar refractivity (Wildman–Crippen MR) is 77.4 cm³/mol. The van der Waals surface area contributed by atoms with E-state index in [4.69, 9.17) is 11.6 Å². The van der Waals surface area contributed by atoms with Gasteiger partial charge in [-0.15, -0.1) is 0 Å². The second-order valence-corrected chi connectivity index (χ2v) is 8.11. The topological polar surface area (TPSA) is 80.5 Å². The van der Waals surface area contributed by atoms with Crippen LogP contribution in [0.2, 0.25) is 5.02 Å². The van der Waals surface area contributed by atoms with Crippen molar-refractivity contribution < 1.29 is 13.3 Å². The Hall–Kier alpha value is -1.18. The van der Waals surface area contributed by atoms with Crippen molar-refractivity contribution in [2.75, 3.05) is 13.6 Å². The van der Waals surface area contributed by atoms with Crippen molar-refractivity contribution in [1.29, 1.82) is 0 Å². The van der Waals surface area contributed by atoms with Crippen LogP contribution in [0.5, 0.6) is 0 Å². The number of halogens is 1. The van der Waals surface area contributed by atoms with Crippen LogP contribution >= 0.6 is 11.6 Å². The molecule has 0 heterocycles. The molecule has 112 valence electrons. The zero-order valence-electron chi connectivity index (χ0n) is 11.8. The SMILES string of the molecule is CN(CC(C)(C)C)S(=O)(=O)c1cc([N+](=O)[O-])ccc1Cl. The van der Waals surface area contributed by atoms with Crippen LogP contribution in [-0.4, -0.2) is 31.2 Å². The molecule has 0 spiro atoms. The van der Waals surface area contributed by atoms with E-state index >= 15 is 0 Å². The van der Waals surface area contributed by atoms with Crippen LogP contribution < -0.4 is 0 Å². The van der Waals surface area contributed by atoms with Crippen molar-refractivity contribution in [3.8, 4) is 0 Å². The van der Waals surface area contributed by atoms with Gasteiger partial charge in [-0.3, -0.25) is 10.1 Å². The molecular formula is C12H17ClN2O4S. The number of benzene rings is 1. The lowest BCUT2D eigenvalue weighted by Gasteiger charge is -2.26. The quantitative estimate of drug-likeness (QED) is 0.631. The Morgan fingerprint density at radius 1 is 1.35 bits per heavy atom. The lowest BCUT2D eigenvalue weighted by Crippen LogP contribution is -2.34. The van der Waals surface area contributed by atoms with Crippen LogP contribution in [0.25, 0.3) is 0 Å². The zero-order valence-corrected chi connectivity index (χ0v) is 13.3. The highest BCUT2D eigenvalue weighted by Crippen LogP contribution is 2.29. The van der Waals surface area contributed by atoms with Gasteiger partial charge in [-0.05, 0) is 11.5 Å². The molecule has 8 heteroatoms. The first-order chi connectivity index (χ1) is 8.95. The molecule has 0 unspecified atom stereocenters. The Labute approximate surface area is 123 Å². The van der Waals surface area contributed by atoms with Gasteiger partial charge in [0.1, 0.15) is 4.90 Å². The molecule has 0 radical (unpaired) electrons. The summed E-state index contributed by atoms with van der Waals surface area (Å²) in [4.78, 5) is 9.84. The molecule has 0 N–H and O–H groups in total. The lowest BCUT2D eigenvalue weighted by atomic mass is 9.97. The number of sulfonamides is 1. The average Bonchev–Trinajstić information content (AvgIpc) is 2.26. The van der Waals surface area contributed by atoms with E-state index in [0.717, 1.165) is 10.4 Å². The van der Waals surface area contributed by atoms with Gasteiger partial charge in [0.25, 0.3) is 5.69 Å². The van der Waals surface area contributed by atoms with Gasteiger partial charge in [-0.25, -0.2) is 12.7 Å². The molecule has 0 aromatic heterocycles. The number of hydrogen-bond acceptors (Lipinski definition) is 4. The van der Waals surface area contributed by atoms with Crippen LogP contribution in [0.4, 0.5) is 5.69 Å². The first kappa shape index (κ1) is 16.9. The fourth-order valence-corrected chi connectivity index (χ4v) is 3.61. The summed E-state index contributed by atoms with van der Waals surface area (Å²) >= 11 is 5.87. The van der Waals surface area contributed by atoms with Gasteiger partial charge >= 0.3 is 0 Å². The van der Waals surface area contributed by atoms with Crippen molar-refractivity contribution in [3.05, 3.63) is 33.3 Å². The minimum Gasteiger partial charge on any atom is -0.258 e. The van der Waals surface area contributed by atoms with Crippen LogP contribution in [0.15, 0.2) is 23.1 Å². The van der Waals surface area contributed by atoms with Crippen molar-refractivity contribution in [2.24, 2.45) is 5.41 Å². The lowest BCUT2D eigenvalue weighted by molar-refractivity contribution is -0.385. The minimum absolute atomic E-state index is 0.0311. The summed E-state index contributed by atoms with van der Waals surface area (Å²) < 4.78 is 26.0. The molecule has 0 aliphatic heterocycles. The molecule has 0 saturated carbocycles. The molecule has 1 aromatic rings. The maximum absolute atomic E-state index is 12.4.